The summed E-state index contributed by atoms with van der Waals surface area (Å²) in [5.41, 5.74) is 1.74. The molecule has 2 heterocycles. The molecule has 0 atom stereocenters. The van der Waals surface area contributed by atoms with Crippen molar-refractivity contribution < 1.29 is 14.1 Å². The van der Waals surface area contributed by atoms with E-state index >= 15 is 0 Å². The summed E-state index contributed by atoms with van der Waals surface area (Å²) in [4.78, 5) is 23.1. The Kier molecular flexibility index (Phi) is 5.40. The maximum absolute atomic E-state index is 11.9. The second-order valence-corrected chi connectivity index (χ2v) is 5.39. The van der Waals surface area contributed by atoms with Crippen molar-refractivity contribution in [1.29, 1.82) is 0 Å². The Morgan fingerprint density at radius 1 is 1.32 bits per heavy atom. The number of aryl methyl sites for hydroxylation is 1. The Bertz CT molecular complexity index is 813. The van der Waals surface area contributed by atoms with E-state index in [2.05, 4.69) is 25.4 Å². The number of hydrogen-bond donors (Lipinski definition) is 2. The van der Waals surface area contributed by atoms with Crippen LogP contribution < -0.4 is 10.1 Å². The zero-order valence-electron chi connectivity index (χ0n) is 13.9. The minimum absolute atomic E-state index is 0.0587. The molecule has 0 saturated carbocycles. The molecule has 0 aliphatic heterocycles. The number of methoxy groups -OCH3 is 1. The summed E-state index contributed by atoms with van der Waals surface area (Å²) in [6, 6.07) is 7.44. The number of rotatable bonds is 8. The molecule has 1 amide bonds. The van der Waals surface area contributed by atoms with Gasteiger partial charge in [0, 0.05) is 37.7 Å². The van der Waals surface area contributed by atoms with Gasteiger partial charge in [0.25, 0.3) is 0 Å². The number of amides is 1. The van der Waals surface area contributed by atoms with E-state index in [9.17, 15) is 4.79 Å². The first-order chi connectivity index (χ1) is 12.3. The molecule has 130 valence electrons. The van der Waals surface area contributed by atoms with Crippen molar-refractivity contribution in [1.82, 2.24) is 25.4 Å². The molecule has 0 bridgehead atoms. The van der Waals surface area contributed by atoms with Crippen molar-refractivity contribution in [3.63, 3.8) is 0 Å². The maximum atomic E-state index is 11.9. The first kappa shape index (κ1) is 16.7. The van der Waals surface area contributed by atoms with Gasteiger partial charge in [-0.2, -0.15) is 4.98 Å². The largest absolute Gasteiger partial charge is 0.496 e. The highest BCUT2D eigenvalue weighted by Crippen LogP contribution is 2.27. The fourth-order valence-corrected chi connectivity index (χ4v) is 2.36. The first-order valence-electron chi connectivity index (χ1n) is 7.96. The summed E-state index contributed by atoms with van der Waals surface area (Å²) < 4.78 is 10.5. The molecule has 0 aliphatic carbocycles. The molecule has 0 spiro atoms. The van der Waals surface area contributed by atoms with Gasteiger partial charge in [0.15, 0.2) is 0 Å². The Morgan fingerprint density at radius 2 is 2.20 bits per heavy atom. The van der Waals surface area contributed by atoms with Gasteiger partial charge in [-0.3, -0.25) is 4.79 Å². The summed E-state index contributed by atoms with van der Waals surface area (Å²) >= 11 is 0. The topological polar surface area (TPSA) is 106 Å². The Labute approximate surface area is 144 Å². The van der Waals surface area contributed by atoms with Crippen LogP contribution in [0.25, 0.3) is 11.4 Å². The maximum Gasteiger partial charge on any atom is 0.227 e. The summed E-state index contributed by atoms with van der Waals surface area (Å²) in [6.45, 7) is 0.553. The van der Waals surface area contributed by atoms with Crippen LogP contribution in [-0.4, -0.2) is 39.7 Å². The molecular formula is C17H19N5O3. The quantitative estimate of drug-likeness (QED) is 0.647. The van der Waals surface area contributed by atoms with E-state index in [0.29, 0.717) is 36.9 Å². The molecule has 8 heteroatoms. The average molecular weight is 341 g/mol. The van der Waals surface area contributed by atoms with Crippen LogP contribution in [0.4, 0.5) is 0 Å². The van der Waals surface area contributed by atoms with E-state index in [1.54, 1.807) is 19.6 Å². The fourth-order valence-electron chi connectivity index (χ4n) is 2.36. The van der Waals surface area contributed by atoms with Gasteiger partial charge in [0.1, 0.15) is 5.75 Å². The number of aromatic nitrogens is 4. The molecule has 0 aliphatic rings. The van der Waals surface area contributed by atoms with Gasteiger partial charge in [0.05, 0.1) is 19.0 Å². The lowest BCUT2D eigenvalue weighted by Gasteiger charge is -2.03. The molecule has 1 aromatic carbocycles. The molecule has 25 heavy (non-hydrogen) atoms. The van der Waals surface area contributed by atoms with Gasteiger partial charge in [0.2, 0.25) is 17.6 Å². The van der Waals surface area contributed by atoms with E-state index in [4.69, 9.17) is 9.26 Å². The number of nitrogens with one attached hydrogen (secondary N) is 2. The van der Waals surface area contributed by atoms with Crippen molar-refractivity contribution in [3.8, 4) is 17.1 Å². The normalized spacial score (nSPS) is 10.6. The van der Waals surface area contributed by atoms with Crippen molar-refractivity contribution >= 4 is 5.91 Å². The van der Waals surface area contributed by atoms with Crippen LogP contribution in [0.3, 0.4) is 0 Å². The zero-order valence-corrected chi connectivity index (χ0v) is 13.9. The third-order valence-corrected chi connectivity index (χ3v) is 3.65. The number of benzene rings is 1. The van der Waals surface area contributed by atoms with E-state index in [-0.39, 0.29) is 12.3 Å². The van der Waals surface area contributed by atoms with Crippen LogP contribution >= 0.6 is 0 Å². The number of aromatic amines is 1. The third kappa shape index (κ3) is 4.43. The number of para-hydroxylation sites is 1. The number of ether oxygens (including phenoxy) is 1. The summed E-state index contributed by atoms with van der Waals surface area (Å²) in [5, 5.41) is 6.81. The van der Waals surface area contributed by atoms with Crippen LogP contribution in [0.15, 0.2) is 41.3 Å². The van der Waals surface area contributed by atoms with E-state index in [1.807, 2.05) is 24.3 Å². The van der Waals surface area contributed by atoms with Gasteiger partial charge in [-0.25, -0.2) is 4.98 Å². The number of H-pyrrole nitrogens is 1. The molecule has 0 saturated heterocycles. The van der Waals surface area contributed by atoms with E-state index in [1.165, 1.54) is 0 Å². The lowest BCUT2D eigenvalue weighted by Crippen LogP contribution is -2.25. The van der Waals surface area contributed by atoms with Gasteiger partial charge < -0.3 is 19.6 Å². The number of hydrogen-bond acceptors (Lipinski definition) is 6. The van der Waals surface area contributed by atoms with Crippen LogP contribution in [0.2, 0.25) is 0 Å². The smallest absolute Gasteiger partial charge is 0.227 e. The minimum atomic E-state index is -0.0587. The summed E-state index contributed by atoms with van der Waals surface area (Å²) in [7, 11) is 1.59. The Hall–Kier alpha value is -3.16. The van der Waals surface area contributed by atoms with Crippen molar-refractivity contribution in [2.45, 2.75) is 19.3 Å². The fraction of sp³-hybridized carbons (Fsp3) is 0.294. The second-order valence-electron chi connectivity index (χ2n) is 5.39. The third-order valence-electron chi connectivity index (χ3n) is 3.65. The number of carbonyl (C=O) groups is 1. The number of nitrogens with zero attached hydrogens (tertiary/aromatic N) is 3. The van der Waals surface area contributed by atoms with Crippen LogP contribution in [0.5, 0.6) is 5.75 Å². The lowest BCUT2D eigenvalue weighted by molar-refractivity contribution is -0.121. The molecule has 0 radical (unpaired) electrons. The van der Waals surface area contributed by atoms with Gasteiger partial charge >= 0.3 is 0 Å². The van der Waals surface area contributed by atoms with E-state index in [0.717, 1.165) is 11.3 Å². The van der Waals surface area contributed by atoms with Crippen LogP contribution in [-0.2, 0) is 17.6 Å². The molecule has 8 nitrogen and oxygen atoms in total. The highest BCUT2D eigenvalue weighted by Gasteiger charge is 2.13. The molecule has 0 unspecified atom stereocenters. The van der Waals surface area contributed by atoms with E-state index < -0.39 is 0 Å². The minimum Gasteiger partial charge on any atom is -0.496 e. The first-order valence-corrected chi connectivity index (χ1v) is 7.96. The van der Waals surface area contributed by atoms with Crippen LogP contribution in [0, 0.1) is 0 Å². The van der Waals surface area contributed by atoms with Crippen molar-refractivity contribution in [3.05, 3.63) is 48.4 Å². The average Bonchev–Trinajstić information content (AvgIpc) is 3.32. The predicted octanol–water partition coefficient (Wildman–Crippen LogP) is 1.76. The van der Waals surface area contributed by atoms with Crippen LogP contribution in [0.1, 0.15) is 18.0 Å². The molecule has 2 N–H and O–H groups in total. The standard InChI is InChI=1S/C17H19N5O3/c1-24-14-5-3-2-4-13(14)17-21-16(25-22-17)7-6-15(23)19-9-8-12-10-18-11-20-12/h2-5,10-11H,6-9H2,1H3,(H,18,20)(H,19,23). The molecule has 3 aromatic rings. The van der Waals surface area contributed by atoms with Crippen molar-refractivity contribution in [2.75, 3.05) is 13.7 Å². The zero-order chi connectivity index (χ0) is 17.5. The molecule has 2 aromatic heterocycles. The predicted molar refractivity (Wildman–Crippen MR) is 89.9 cm³/mol. The highest BCUT2D eigenvalue weighted by molar-refractivity contribution is 5.76. The Balaban J connectivity index is 1.49. The van der Waals surface area contributed by atoms with Gasteiger partial charge in [-0.1, -0.05) is 17.3 Å². The molecular weight excluding hydrogens is 322 g/mol. The Morgan fingerprint density at radius 3 is 3.00 bits per heavy atom. The second kappa shape index (κ2) is 8.09. The molecule has 0 fully saturated rings. The highest BCUT2D eigenvalue weighted by atomic mass is 16.5. The van der Waals surface area contributed by atoms with Gasteiger partial charge in [-0.15, -0.1) is 0 Å². The lowest BCUT2D eigenvalue weighted by atomic mass is 10.2. The molecule has 3 rings (SSSR count). The van der Waals surface area contributed by atoms with Crippen molar-refractivity contribution in [2.24, 2.45) is 0 Å². The van der Waals surface area contributed by atoms with Gasteiger partial charge in [-0.05, 0) is 12.1 Å². The summed E-state index contributed by atoms with van der Waals surface area (Å²) in [6.07, 6.45) is 4.74. The number of imidazole rings is 1. The SMILES string of the molecule is COc1ccccc1-c1noc(CCC(=O)NCCc2cnc[nH]2)n1. The monoisotopic (exact) mass is 341 g/mol. The number of carbonyl (C=O) groups excluding carboxylic acids is 1. The summed E-state index contributed by atoms with van der Waals surface area (Å²) in [5.74, 6) is 1.49.